The van der Waals surface area contributed by atoms with E-state index in [4.69, 9.17) is 4.98 Å². The van der Waals surface area contributed by atoms with E-state index in [0.29, 0.717) is 6.04 Å². The normalized spacial score (nSPS) is 26.9. The molecule has 0 saturated carbocycles. The summed E-state index contributed by atoms with van der Waals surface area (Å²) in [6.45, 7) is 8.95. The second-order valence-electron chi connectivity index (χ2n) is 6.24. The zero-order valence-electron chi connectivity index (χ0n) is 12.9. The number of hydrogen-bond acceptors (Lipinski definition) is 4. The molecule has 0 amide bonds. The molecule has 110 valence electrons. The zero-order chi connectivity index (χ0) is 14.1. The molecule has 3 rings (SSSR count). The van der Waals surface area contributed by atoms with E-state index in [9.17, 15) is 0 Å². The predicted molar refractivity (Wildman–Crippen MR) is 83.1 cm³/mol. The van der Waals surface area contributed by atoms with Gasteiger partial charge in [0, 0.05) is 37.4 Å². The van der Waals surface area contributed by atoms with E-state index in [-0.39, 0.29) is 0 Å². The minimum Gasteiger partial charge on any atom is -0.351 e. The second kappa shape index (κ2) is 5.70. The van der Waals surface area contributed by atoms with Gasteiger partial charge in [-0.3, -0.25) is 4.90 Å². The fourth-order valence-electron chi connectivity index (χ4n) is 3.62. The van der Waals surface area contributed by atoms with E-state index in [2.05, 4.69) is 41.1 Å². The number of hydrogen-bond donors (Lipinski definition) is 1. The number of aryl methyl sites for hydroxylation is 1. The van der Waals surface area contributed by atoms with Crippen molar-refractivity contribution in [3.05, 3.63) is 23.4 Å². The van der Waals surface area contributed by atoms with E-state index < -0.39 is 0 Å². The molecule has 1 N–H and O–H groups in total. The van der Waals surface area contributed by atoms with E-state index in [1.54, 1.807) is 0 Å². The van der Waals surface area contributed by atoms with Crippen LogP contribution in [-0.2, 0) is 6.54 Å². The number of fused-ring (bicyclic) bond motifs is 1. The van der Waals surface area contributed by atoms with Gasteiger partial charge in [-0.15, -0.1) is 0 Å². The molecule has 2 aliphatic heterocycles. The number of anilines is 1. The molecule has 0 aliphatic carbocycles. The van der Waals surface area contributed by atoms with Gasteiger partial charge in [-0.25, -0.2) is 4.98 Å². The molecule has 0 spiro atoms. The summed E-state index contributed by atoms with van der Waals surface area (Å²) in [6.07, 6.45) is 2.71. The van der Waals surface area contributed by atoms with Crippen LogP contribution < -0.4 is 10.2 Å². The van der Waals surface area contributed by atoms with Gasteiger partial charge in [0.25, 0.3) is 0 Å². The monoisotopic (exact) mass is 274 g/mol. The molecule has 2 unspecified atom stereocenters. The first kappa shape index (κ1) is 13.8. The maximum Gasteiger partial charge on any atom is 0.129 e. The molecule has 4 nitrogen and oxygen atoms in total. The van der Waals surface area contributed by atoms with Gasteiger partial charge in [-0.1, -0.05) is 6.07 Å². The van der Waals surface area contributed by atoms with E-state index in [0.717, 1.165) is 30.6 Å². The van der Waals surface area contributed by atoms with E-state index in [1.165, 1.54) is 31.5 Å². The van der Waals surface area contributed by atoms with Crippen LogP contribution in [-0.4, -0.2) is 48.6 Å². The molecule has 2 saturated heterocycles. The highest BCUT2D eigenvalue weighted by Crippen LogP contribution is 2.28. The average Bonchev–Trinajstić information content (AvgIpc) is 2.87. The van der Waals surface area contributed by atoms with Crippen LogP contribution in [0.4, 0.5) is 5.82 Å². The topological polar surface area (TPSA) is 31.4 Å². The first-order valence-corrected chi connectivity index (χ1v) is 7.81. The van der Waals surface area contributed by atoms with Gasteiger partial charge in [-0.05, 0) is 51.9 Å². The summed E-state index contributed by atoms with van der Waals surface area (Å²) in [5, 5.41) is 3.20. The van der Waals surface area contributed by atoms with Crippen molar-refractivity contribution >= 4 is 5.82 Å². The third-order valence-electron chi connectivity index (χ3n) is 4.78. The number of piperazine rings is 1. The molecule has 0 radical (unpaired) electrons. The summed E-state index contributed by atoms with van der Waals surface area (Å²) >= 11 is 0. The van der Waals surface area contributed by atoms with Gasteiger partial charge >= 0.3 is 0 Å². The summed E-state index contributed by atoms with van der Waals surface area (Å²) in [7, 11) is 1.98. The highest BCUT2D eigenvalue weighted by atomic mass is 15.3. The number of aromatic nitrogens is 1. The zero-order valence-corrected chi connectivity index (χ0v) is 12.9. The molecule has 4 heteroatoms. The van der Waals surface area contributed by atoms with Gasteiger partial charge in [0.05, 0.1) is 0 Å². The van der Waals surface area contributed by atoms with Gasteiger partial charge in [0.2, 0.25) is 0 Å². The SMILES string of the molecule is CNCc1ccc(N2CC3CCCN3CC2C)nc1C. The lowest BCUT2D eigenvalue weighted by Gasteiger charge is -2.43. The molecular weight excluding hydrogens is 248 g/mol. The lowest BCUT2D eigenvalue weighted by atomic mass is 10.1. The average molecular weight is 274 g/mol. The standard InChI is InChI=1S/C16H26N4/c1-12-10-19-8-4-5-15(19)11-20(12)16-7-6-14(9-17-3)13(2)18-16/h6-7,12,15,17H,4-5,8-11H2,1-3H3. The van der Waals surface area contributed by atoms with Crippen LogP contribution in [0.25, 0.3) is 0 Å². The molecule has 2 fully saturated rings. The van der Waals surface area contributed by atoms with Gasteiger partial charge in [0.15, 0.2) is 0 Å². The van der Waals surface area contributed by atoms with Crippen molar-refractivity contribution in [1.29, 1.82) is 0 Å². The first-order chi connectivity index (χ1) is 9.69. The third kappa shape index (κ3) is 2.54. The number of rotatable bonds is 3. The van der Waals surface area contributed by atoms with Crippen LogP contribution in [0.15, 0.2) is 12.1 Å². The molecule has 20 heavy (non-hydrogen) atoms. The van der Waals surface area contributed by atoms with E-state index in [1.807, 2.05) is 7.05 Å². The molecule has 2 atom stereocenters. The van der Waals surface area contributed by atoms with Crippen molar-refractivity contribution in [3.63, 3.8) is 0 Å². The summed E-state index contributed by atoms with van der Waals surface area (Å²) in [4.78, 5) is 10.0. The summed E-state index contributed by atoms with van der Waals surface area (Å²) in [5.41, 5.74) is 2.45. The fourth-order valence-corrected chi connectivity index (χ4v) is 3.62. The second-order valence-corrected chi connectivity index (χ2v) is 6.24. The van der Waals surface area contributed by atoms with Gasteiger partial charge in [-0.2, -0.15) is 0 Å². The summed E-state index contributed by atoms with van der Waals surface area (Å²) in [5.74, 6) is 1.15. The maximum atomic E-state index is 4.85. The van der Waals surface area contributed by atoms with Crippen LogP contribution in [0.5, 0.6) is 0 Å². The summed E-state index contributed by atoms with van der Waals surface area (Å²) in [6, 6.07) is 5.72. The molecule has 3 heterocycles. The predicted octanol–water partition coefficient (Wildman–Crippen LogP) is 1.78. The van der Waals surface area contributed by atoms with Crippen molar-refractivity contribution < 1.29 is 0 Å². The number of pyridine rings is 1. The maximum absolute atomic E-state index is 4.85. The fraction of sp³-hybridized carbons (Fsp3) is 0.688. The van der Waals surface area contributed by atoms with Gasteiger partial charge < -0.3 is 10.2 Å². The largest absolute Gasteiger partial charge is 0.351 e. The molecule has 0 aromatic carbocycles. The van der Waals surface area contributed by atoms with Crippen LogP contribution in [0.2, 0.25) is 0 Å². The van der Waals surface area contributed by atoms with Crippen LogP contribution >= 0.6 is 0 Å². The molecular formula is C16H26N4. The Morgan fingerprint density at radius 3 is 2.95 bits per heavy atom. The molecule has 1 aromatic rings. The Bertz CT molecular complexity index is 474. The van der Waals surface area contributed by atoms with E-state index >= 15 is 0 Å². The van der Waals surface area contributed by atoms with Crippen LogP contribution in [0, 0.1) is 6.92 Å². The summed E-state index contributed by atoms with van der Waals surface area (Å²) < 4.78 is 0. The highest BCUT2D eigenvalue weighted by Gasteiger charge is 2.34. The third-order valence-corrected chi connectivity index (χ3v) is 4.78. The van der Waals surface area contributed by atoms with Crippen molar-refractivity contribution in [2.24, 2.45) is 0 Å². The minimum absolute atomic E-state index is 0.561. The Balaban J connectivity index is 1.79. The van der Waals surface area contributed by atoms with Crippen LogP contribution in [0.3, 0.4) is 0 Å². The molecule has 0 bridgehead atoms. The Morgan fingerprint density at radius 2 is 2.20 bits per heavy atom. The van der Waals surface area contributed by atoms with Crippen molar-refractivity contribution in [3.8, 4) is 0 Å². The molecule has 1 aromatic heterocycles. The van der Waals surface area contributed by atoms with Gasteiger partial charge in [0.1, 0.15) is 5.82 Å². The van der Waals surface area contributed by atoms with Crippen molar-refractivity contribution in [1.82, 2.24) is 15.2 Å². The Labute approximate surface area is 122 Å². The quantitative estimate of drug-likeness (QED) is 0.910. The van der Waals surface area contributed by atoms with Crippen LogP contribution in [0.1, 0.15) is 31.0 Å². The number of nitrogens with one attached hydrogen (secondary N) is 1. The lowest BCUT2D eigenvalue weighted by Crippen LogP contribution is -2.55. The highest BCUT2D eigenvalue weighted by molar-refractivity contribution is 5.44. The Kier molecular flexibility index (Phi) is 3.94. The lowest BCUT2D eigenvalue weighted by molar-refractivity contribution is 0.202. The Hall–Kier alpha value is -1.13. The Morgan fingerprint density at radius 1 is 1.35 bits per heavy atom. The van der Waals surface area contributed by atoms with Crippen molar-refractivity contribution in [2.75, 3.05) is 31.6 Å². The smallest absolute Gasteiger partial charge is 0.129 e. The molecule has 2 aliphatic rings. The minimum atomic E-state index is 0.561. The number of nitrogens with zero attached hydrogens (tertiary/aromatic N) is 3. The van der Waals surface area contributed by atoms with Crippen molar-refractivity contribution in [2.45, 2.75) is 45.3 Å². The first-order valence-electron chi connectivity index (χ1n) is 7.81.